The van der Waals surface area contributed by atoms with Crippen LogP contribution in [-0.2, 0) is 10.0 Å². The van der Waals surface area contributed by atoms with Gasteiger partial charge in [-0.3, -0.25) is 4.79 Å². The monoisotopic (exact) mass is 490 g/mol. The summed E-state index contributed by atoms with van der Waals surface area (Å²) >= 11 is 0. The van der Waals surface area contributed by atoms with Gasteiger partial charge in [0.2, 0.25) is 15.8 Å². The number of nitrogens with zero attached hydrogens (tertiary/aromatic N) is 1. The number of hydrogen-bond acceptors (Lipinski definition) is 6. The molecular weight excluding hydrogens is 456 g/mol. The number of nitrogens with one attached hydrogen (secondary N) is 1. The number of carbonyl (C=O) groups is 1. The first-order valence-electron chi connectivity index (χ1n) is 11.8. The van der Waals surface area contributed by atoms with Crippen molar-refractivity contribution in [1.29, 1.82) is 0 Å². The van der Waals surface area contributed by atoms with Crippen molar-refractivity contribution in [2.75, 3.05) is 38.2 Å². The number of benzene rings is 2. The first-order valence-corrected chi connectivity index (χ1v) is 13.2. The molecule has 0 spiro atoms. The van der Waals surface area contributed by atoms with E-state index in [1.807, 2.05) is 20.8 Å². The van der Waals surface area contributed by atoms with Crippen molar-refractivity contribution >= 4 is 21.6 Å². The Balaban J connectivity index is 1.80. The molecule has 1 N–H and O–H groups in total. The molecule has 0 saturated carbocycles. The van der Waals surface area contributed by atoms with Crippen LogP contribution in [0, 0.1) is 5.92 Å². The Morgan fingerprint density at radius 3 is 2.12 bits per heavy atom. The average Bonchev–Trinajstić information content (AvgIpc) is 2.81. The summed E-state index contributed by atoms with van der Waals surface area (Å²) in [6, 6.07) is 9.48. The highest BCUT2D eigenvalue weighted by atomic mass is 32.2. The molecule has 1 aliphatic rings. The maximum Gasteiger partial charge on any atom is 0.255 e. The Hall–Kier alpha value is -2.78. The van der Waals surface area contributed by atoms with Crippen LogP contribution in [0.15, 0.2) is 41.3 Å². The van der Waals surface area contributed by atoms with Crippen LogP contribution >= 0.6 is 0 Å². The van der Waals surface area contributed by atoms with E-state index in [1.54, 1.807) is 28.6 Å². The van der Waals surface area contributed by atoms with Crippen LogP contribution in [0.5, 0.6) is 17.2 Å². The number of amides is 1. The summed E-state index contributed by atoms with van der Waals surface area (Å²) in [4.78, 5) is 13.2. The Morgan fingerprint density at radius 1 is 1.00 bits per heavy atom. The topological polar surface area (TPSA) is 94.2 Å². The van der Waals surface area contributed by atoms with Gasteiger partial charge >= 0.3 is 0 Å². The van der Waals surface area contributed by atoms with Gasteiger partial charge in [0.15, 0.2) is 11.5 Å². The minimum absolute atomic E-state index is 0.220. The second-order valence-electron chi connectivity index (χ2n) is 8.19. The fourth-order valence-corrected chi connectivity index (χ4v) is 5.55. The van der Waals surface area contributed by atoms with E-state index in [9.17, 15) is 13.2 Å². The molecule has 1 saturated heterocycles. The number of anilines is 1. The van der Waals surface area contributed by atoms with Crippen molar-refractivity contribution in [2.45, 2.75) is 45.4 Å². The van der Waals surface area contributed by atoms with Crippen molar-refractivity contribution in [3.8, 4) is 17.2 Å². The Bertz CT molecular complexity index is 1060. The third kappa shape index (κ3) is 6.01. The molecule has 3 rings (SSSR count). The van der Waals surface area contributed by atoms with Crippen LogP contribution in [0.2, 0.25) is 0 Å². The van der Waals surface area contributed by atoms with E-state index in [0.717, 1.165) is 12.8 Å². The summed E-state index contributed by atoms with van der Waals surface area (Å²) in [5.41, 5.74) is 0.829. The lowest BCUT2D eigenvalue weighted by atomic mass is 10.0. The largest absolute Gasteiger partial charge is 0.490 e. The summed E-state index contributed by atoms with van der Waals surface area (Å²) in [6.45, 7) is 9.93. The summed E-state index contributed by atoms with van der Waals surface area (Å²) in [5, 5.41) is 2.81. The van der Waals surface area contributed by atoms with Gasteiger partial charge in [0.1, 0.15) is 0 Å². The number of piperidine rings is 1. The third-order valence-corrected chi connectivity index (χ3v) is 7.42. The predicted octanol–water partition coefficient (Wildman–Crippen LogP) is 4.56. The second kappa shape index (κ2) is 11.6. The predicted molar refractivity (Wildman–Crippen MR) is 132 cm³/mol. The highest BCUT2D eigenvalue weighted by Crippen LogP contribution is 2.39. The van der Waals surface area contributed by atoms with E-state index in [1.165, 1.54) is 12.1 Å². The Kier molecular flexibility index (Phi) is 8.79. The molecule has 0 aliphatic carbocycles. The third-order valence-electron chi connectivity index (χ3n) is 5.54. The molecule has 2 aromatic rings. The lowest BCUT2D eigenvalue weighted by Crippen LogP contribution is -2.39. The van der Waals surface area contributed by atoms with Gasteiger partial charge in [-0.1, -0.05) is 6.92 Å². The minimum atomic E-state index is -3.55. The molecule has 1 heterocycles. The zero-order valence-corrected chi connectivity index (χ0v) is 21.1. The number of carbonyl (C=O) groups excluding carboxylic acids is 1. The lowest BCUT2D eigenvalue weighted by molar-refractivity contribution is 0.102. The molecule has 1 atom stereocenters. The standard InChI is InChI=1S/C25H34N2O6S/c1-5-31-22-15-19(16-23(32-6-2)24(22)33-7-3)25(28)26-20-10-12-21(13-11-20)34(29,30)27-14-8-9-18(4)17-27/h10-13,15-16,18H,5-9,14,17H2,1-4H3,(H,26,28). The molecule has 1 fully saturated rings. The van der Waals surface area contributed by atoms with Gasteiger partial charge in [-0.15, -0.1) is 0 Å². The van der Waals surface area contributed by atoms with Gasteiger partial charge in [-0.25, -0.2) is 8.42 Å². The molecule has 1 unspecified atom stereocenters. The van der Waals surface area contributed by atoms with E-state index in [0.29, 0.717) is 67.3 Å². The van der Waals surface area contributed by atoms with Crippen LogP contribution < -0.4 is 19.5 Å². The first-order chi connectivity index (χ1) is 16.3. The maximum absolute atomic E-state index is 13.0. The number of hydrogen-bond donors (Lipinski definition) is 1. The van der Waals surface area contributed by atoms with Gasteiger partial charge in [-0.2, -0.15) is 4.31 Å². The smallest absolute Gasteiger partial charge is 0.255 e. The highest BCUT2D eigenvalue weighted by Gasteiger charge is 2.28. The fourth-order valence-electron chi connectivity index (χ4n) is 3.95. The molecule has 2 aromatic carbocycles. The van der Waals surface area contributed by atoms with Gasteiger partial charge in [0, 0.05) is 24.3 Å². The van der Waals surface area contributed by atoms with E-state index < -0.39 is 10.0 Å². The van der Waals surface area contributed by atoms with Crippen LogP contribution in [0.25, 0.3) is 0 Å². The van der Waals surface area contributed by atoms with Crippen molar-refractivity contribution in [1.82, 2.24) is 4.31 Å². The van der Waals surface area contributed by atoms with Crippen LogP contribution in [0.1, 0.15) is 50.9 Å². The number of rotatable bonds is 10. The van der Waals surface area contributed by atoms with Gasteiger partial charge in [-0.05, 0) is 75.9 Å². The zero-order valence-electron chi connectivity index (χ0n) is 20.3. The SMILES string of the molecule is CCOc1cc(C(=O)Nc2ccc(S(=O)(=O)N3CCCC(C)C3)cc2)cc(OCC)c1OCC. The molecule has 1 aliphatic heterocycles. The number of ether oxygens (including phenoxy) is 3. The van der Waals surface area contributed by atoms with Crippen LogP contribution in [-0.4, -0.2) is 51.5 Å². The van der Waals surface area contributed by atoms with E-state index in [4.69, 9.17) is 14.2 Å². The van der Waals surface area contributed by atoms with Crippen LogP contribution in [0.4, 0.5) is 5.69 Å². The molecule has 0 radical (unpaired) electrons. The van der Waals surface area contributed by atoms with Crippen LogP contribution in [0.3, 0.4) is 0 Å². The van der Waals surface area contributed by atoms with Gasteiger partial charge < -0.3 is 19.5 Å². The first kappa shape index (κ1) is 25.8. The Labute approximate surface area is 202 Å². The van der Waals surface area contributed by atoms with Crippen molar-refractivity contribution in [3.05, 3.63) is 42.0 Å². The molecule has 8 nitrogen and oxygen atoms in total. The summed E-state index contributed by atoms with van der Waals surface area (Å²) in [7, 11) is -3.55. The zero-order chi connectivity index (χ0) is 24.7. The molecular formula is C25H34N2O6S. The average molecular weight is 491 g/mol. The molecule has 1 amide bonds. The van der Waals surface area contributed by atoms with E-state index in [-0.39, 0.29) is 10.8 Å². The molecule has 0 bridgehead atoms. The quantitative estimate of drug-likeness (QED) is 0.525. The molecule has 186 valence electrons. The summed E-state index contributed by atoms with van der Waals surface area (Å²) < 4.78 is 44.5. The fraction of sp³-hybridized carbons (Fsp3) is 0.480. The normalized spacial score (nSPS) is 16.6. The second-order valence-corrected chi connectivity index (χ2v) is 10.1. The molecule has 34 heavy (non-hydrogen) atoms. The maximum atomic E-state index is 13.0. The van der Waals surface area contributed by atoms with Crippen molar-refractivity contribution in [3.63, 3.8) is 0 Å². The highest BCUT2D eigenvalue weighted by molar-refractivity contribution is 7.89. The summed E-state index contributed by atoms with van der Waals surface area (Å²) in [5.74, 6) is 1.30. The molecule has 9 heteroatoms. The van der Waals surface area contributed by atoms with E-state index in [2.05, 4.69) is 12.2 Å². The number of sulfonamides is 1. The minimum Gasteiger partial charge on any atom is -0.490 e. The lowest BCUT2D eigenvalue weighted by Gasteiger charge is -2.30. The van der Waals surface area contributed by atoms with Gasteiger partial charge in [0.25, 0.3) is 5.91 Å². The van der Waals surface area contributed by atoms with E-state index >= 15 is 0 Å². The molecule has 0 aromatic heterocycles. The van der Waals surface area contributed by atoms with Crippen molar-refractivity contribution < 1.29 is 27.4 Å². The summed E-state index contributed by atoms with van der Waals surface area (Å²) in [6.07, 6.45) is 1.91. The Morgan fingerprint density at radius 2 is 1.59 bits per heavy atom. The van der Waals surface area contributed by atoms with Crippen molar-refractivity contribution in [2.24, 2.45) is 5.92 Å². The van der Waals surface area contributed by atoms with Gasteiger partial charge in [0.05, 0.1) is 24.7 Å².